The van der Waals surface area contributed by atoms with E-state index in [1.54, 1.807) is 0 Å². The number of nitrogens with one attached hydrogen (secondary N) is 2. The first-order valence-electron chi connectivity index (χ1n) is 5.84. The van der Waals surface area contributed by atoms with Crippen molar-refractivity contribution in [3.8, 4) is 0 Å². The molecule has 1 fully saturated rings. The highest BCUT2D eigenvalue weighted by Gasteiger charge is 2.20. The van der Waals surface area contributed by atoms with Gasteiger partial charge in [-0.2, -0.15) is 0 Å². The number of ether oxygens (including phenoxy) is 1. The number of aliphatic hydroxyl groups is 1. The molecule has 0 saturated carbocycles. The molecule has 1 amide bonds. The van der Waals surface area contributed by atoms with Gasteiger partial charge in [-0.1, -0.05) is 13.8 Å². The van der Waals surface area contributed by atoms with Gasteiger partial charge in [-0.15, -0.1) is 0 Å². The van der Waals surface area contributed by atoms with Gasteiger partial charge in [-0.3, -0.25) is 4.79 Å². The molecule has 5 heteroatoms. The van der Waals surface area contributed by atoms with Gasteiger partial charge in [0.05, 0.1) is 25.9 Å². The number of carbonyl (C=O) groups excluding carboxylic acids is 1. The Morgan fingerprint density at radius 2 is 2.38 bits per heavy atom. The summed E-state index contributed by atoms with van der Waals surface area (Å²) < 4.78 is 5.27. The largest absolute Gasteiger partial charge is 0.394 e. The third-order valence-corrected chi connectivity index (χ3v) is 2.78. The molecule has 5 nitrogen and oxygen atoms in total. The summed E-state index contributed by atoms with van der Waals surface area (Å²) in [4.78, 5) is 11.7. The molecular formula is C11H22N2O3. The van der Waals surface area contributed by atoms with Crippen LogP contribution in [0.15, 0.2) is 0 Å². The van der Waals surface area contributed by atoms with Gasteiger partial charge in [0, 0.05) is 19.0 Å². The van der Waals surface area contributed by atoms with Crippen LogP contribution in [0.3, 0.4) is 0 Å². The van der Waals surface area contributed by atoms with E-state index in [0.29, 0.717) is 19.6 Å². The van der Waals surface area contributed by atoms with Gasteiger partial charge in [-0.25, -0.2) is 0 Å². The van der Waals surface area contributed by atoms with E-state index in [9.17, 15) is 4.79 Å². The minimum absolute atomic E-state index is 0.0159. The molecule has 1 aliphatic rings. The van der Waals surface area contributed by atoms with Gasteiger partial charge in [0.25, 0.3) is 0 Å². The summed E-state index contributed by atoms with van der Waals surface area (Å²) in [5.74, 6) is 0.209. The highest BCUT2D eigenvalue weighted by atomic mass is 16.5. The summed E-state index contributed by atoms with van der Waals surface area (Å²) >= 11 is 0. The van der Waals surface area contributed by atoms with Crippen LogP contribution in [0, 0.1) is 5.92 Å². The number of carbonyl (C=O) groups is 1. The molecule has 0 aromatic heterocycles. The lowest BCUT2D eigenvalue weighted by molar-refractivity contribution is -0.123. The average Bonchev–Trinajstić information content (AvgIpc) is 2.27. The van der Waals surface area contributed by atoms with Crippen molar-refractivity contribution in [3.05, 3.63) is 0 Å². The molecule has 3 N–H and O–H groups in total. The average molecular weight is 230 g/mol. The zero-order chi connectivity index (χ0) is 12.0. The van der Waals surface area contributed by atoms with E-state index in [1.165, 1.54) is 0 Å². The molecule has 1 rings (SSSR count). The van der Waals surface area contributed by atoms with Crippen molar-refractivity contribution in [2.45, 2.75) is 32.4 Å². The van der Waals surface area contributed by atoms with Crippen LogP contribution in [0.4, 0.5) is 0 Å². The number of hydrogen-bond donors (Lipinski definition) is 3. The molecule has 1 saturated heterocycles. The van der Waals surface area contributed by atoms with E-state index in [1.807, 2.05) is 13.8 Å². The maximum atomic E-state index is 11.7. The molecule has 2 atom stereocenters. The van der Waals surface area contributed by atoms with Crippen LogP contribution in [0.1, 0.15) is 20.3 Å². The first-order chi connectivity index (χ1) is 7.63. The number of hydrogen-bond acceptors (Lipinski definition) is 4. The normalized spacial score (nSPS) is 23.1. The molecule has 16 heavy (non-hydrogen) atoms. The fraction of sp³-hybridized carbons (Fsp3) is 0.909. The predicted molar refractivity (Wildman–Crippen MR) is 61.1 cm³/mol. The quantitative estimate of drug-likeness (QED) is 0.595. The van der Waals surface area contributed by atoms with E-state index < -0.39 is 0 Å². The highest BCUT2D eigenvalue weighted by molar-refractivity contribution is 5.77. The molecule has 0 aliphatic carbocycles. The van der Waals surface area contributed by atoms with E-state index in [4.69, 9.17) is 9.84 Å². The predicted octanol–water partition coefficient (Wildman–Crippen LogP) is -0.502. The second-order valence-corrected chi connectivity index (χ2v) is 4.53. The summed E-state index contributed by atoms with van der Waals surface area (Å²) in [5, 5.41) is 15.1. The van der Waals surface area contributed by atoms with Crippen LogP contribution in [0.2, 0.25) is 0 Å². The molecule has 2 unspecified atom stereocenters. The number of aliphatic hydroxyl groups excluding tert-OH is 1. The lowest BCUT2D eigenvalue weighted by Crippen LogP contribution is -2.47. The Kier molecular flexibility index (Phi) is 5.73. The van der Waals surface area contributed by atoms with Crippen molar-refractivity contribution in [1.82, 2.24) is 10.6 Å². The monoisotopic (exact) mass is 230 g/mol. The first-order valence-corrected chi connectivity index (χ1v) is 5.84. The molecule has 0 spiro atoms. The van der Waals surface area contributed by atoms with Gasteiger partial charge in [0.15, 0.2) is 0 Å². The summed E-state index contributed by atoms with van der Waals surface area (Å²) in [7, 11) is 0. The third kappa shape index (κ3) is 4.47. The highest BCUT2D eigenvalue weighted by Crippen LogP contribution is 2.03. The zero-order valence-electron chi connectivity index (χ0n) is 10.0. The van der Waals surface area contributed by atoms with E-state index in [-0.39, 0.29) is 30.5 Å². The molecule has 0 aromatic rings. The van der Waals surface area contributed by atoms with E-state index >= 15 is 0 Å². The Balaban J connectivity index is 2.28. The van der Waals surface area contributed by atoms with Gasteiger partial charge in [0.2, 0.25) is 5.91 Å². The van der Waals surface area contributed by atoms with Gasteiger partial charge in [-0.05, 0) is 5.92 Å². The SMILES string of the molecule is CC(C)C(CO)NC(=O)CC1COCCN1. The van der Waals surface area contributed by atoms with Crippen molar-refractivity contribution in [2.75, 3.05) is 26.4 Å². The van der Waals surface area contributed by atoms with Crippen LogP contribution >= 0.6 is 0 Å². The molecule has 0 radical (unpaired) electrons. The Labute approximate surface area is 96.6 Å². The lowest BCUT2D eigenvalue weighted by Gasteiger charge is -2.25. The Hall–Kier alpha value is -0.650. The maximum Gasteiger partial charge on any atom is 0.221 e. The molecule has 1 heterocycles. The van der Waals surface area contributed by atoms with Gasteiger partial charge < -0.3 is 20.5 Å². The number of amides is 1. The Morgan fingerprint density at radius 1 is 1.62 bits per heavy atom. The molecule has 0 aromatic carbocycles. The van der Waals surface area contributed by atoms with Crippen LogP contribution < -0.4 is 10.6 Å². The number of morpholine rings is 1. The third-order valence-electron chi connectivity index (χ3n) is 2.78. The number of rotatable bonds is 5. The second-order valence-electron chi connectivity index (χ2n) is 4.53. The summed E-state index contributed by atoms with van der Waals surface area (Å²) in [6, 6.07) is -0.0581. The summed E-state index contributed by atoms with van der Waals surface area (Å²) in [6.07, 6.45) is 0.406. The van der Waals surface area contributed by atoms with Crippen molar-refractivity contribution >= 4 is 5.91 Å². The van der Waals surface area contributed by atoms with Gasteiger partial charge in [0.1, 0.15) is 0 Å². The smallest absolute Gasteiger partial charge is 0.221 e. The fourth-order valence-electron chi connectivity index (χ4n) is 1.66. The van der Waals surface area contributed by atoms with Crippen molar-refractivity contribution in [3.63, 3.8) is 0 Å². The minimum atomic E-state index is -0.156. The Morgan fingerprint density at radius 3 is 2.88 bits per heavy atom. The van der Waals surface area contributed by atoms with Crippen molar-refractivity contribution < 1.29 is 14.6 Å². The molecule has 94 valence electrons. The maximum absolute atomic E-state index is 11.7. The van der Waals surface area contributed by atoms with E-state index in [0.717, 1.165) is 6.54 Å². The lowest BCUT2D eigenvalue weighted by atomic mass is 10.0. The first kappa shape index (κ1) is 13.4. The Bertz CT molecular complexity index is 215. The topological polar surface area (TPSA) is 70.6 Å². The molecule has 0 bridgehead atoms. The summed E-state index contributed by atoms with van der Waals surface area (Å²) in [6.45, 7) is 6.03. The van der Waals surface area contributed by atoms with Crippen LogP contribution in [-0.4, -0.2) is 49.5 Å². The molecular weight excluding hydrogens is 208 g/mol. The molecule has 1 aliphatic heterocycles. The zero-order valence-corrected chi connectivity index (χ0v) is 10.0. The van der Waals surface area contributed by atoms with Crippen molar-refractivity contribution in [1.29, 1.82) is 0 Å². The van der Waals surface area contributed by atoms with Crippen LogP contribution in [-0.2, 0) is 9.53 Å². The van der Waals surface area contributed by atoms with Crippen molar-refractivity contribution in [2.24, 2.45) is 5.92 Å². The van der Waals surface area contributed by atoms with E-state index in [2.05, 4.69) is 10.6 Å². The van der Waals surface area contributed by atoms with Crippen LogP contribution in [0.25, 0.3) is 0 Å². The minimum Gasteiger partial charge on any atom is -0.394 e. The van der Waals surface area contributed by atoms with Gasteiger partial charge >= 0.3 is 0 Å². The fourth-order valence-corrected chi connectivity index (χ4v) is 1.66. The summed E-state index contributed by atoms with van der Waals surface area (Å²) in [5.41, 5.74) is 0. The second kappa shape index (κ2) is 6.83. The van der Waals surface area contributed by atoms with Crippen LogP contribution in [0.5, 0.6) is 0 Å². The standard InChI is InChI=1S/C11H22N2O3/c1-8(2)10(6-14)13-11(15)5-9-7-16-4-3-12-9/h8-10,12,14H,3-7H2,1-2H3,(H,13,15).